The lowest BCUT2D eigenvalue weighted by molar-refractivity contribution is 0.780. The average molecular weight is 522 g/mol. The molecule has 0 radical (unpaired) electrons. The van der Waals surface area contributed by atoms with Gasteiger partial charge in [-0.15, -0.1) is 21.5 Å². The van der Waals surface area contributed by atoms with Gasteiger partial charge in [-0.1, -0.05) is 67.9 Å². The van der Waals surface area contributed by atoms with Crippen LogP contribution < -0.4 is 0 Å². The van der Waals surface area contributed by atoms with Crippen molar-refractivity contribution in [2.45, 2.75) is 32.1 Å². The van der Waals surface area contributed by atoms with Gasteiger partial charge in [0.25, 0.3) is 0 Å². The molecule has 2 fully saturated rings. The summed E-state index contributed by atoms with van der Waals surface area (Å²) in [5.74, 6) is 3.68. The van der Waals surface area contributed by atoms with E-state index in [0.29, 0.717) is 0 Å². The van der Waals surface area contributed by atoms with Crippen LogP contribution in [0.15, 0.2) is 91.1 Å². The maximum absolute atomic E-state index is 4.59. The number of benzene rings is 4. The van der Waals surface area contributed by atoms with Crippen molar-refractivity contribution in [1.29, 1.82) is 0 Å². The van der Waals surface area contributed by atoms with Crippen LogP contribution in [0.1, 0.15) is 36.8 Å². The zero-order valence-electron chi connectivity index (χ0n) is 21.8. The molecule has 0 spiro atoms. The maximum Gasteiger partial charge on any atom is 0.168 e. The van der Waals surface area contributed by atoms with Crippen molar-refractivity contribution in [3.63, 3.8) is 0 Å². The first-order valence-electron chi connectivity index (χ1n) is 14.1. The number of hydrogen-bond donors (Lipinski definition) is 0. The molecule has 4 aromatic carbocycles. The molecule has 2 atom stereocenters. The first kappa shape index (κ1) is 21.9. The third kappa shape index (κ3) is 3.28. The molecule has 2 aliphatic carbocycles. The smallest absolute Gasteiger partial charge is 0.168 e. The van der Waals surface area contributed by atoms with Crippen molar-refractivity contribution in [1.82, 2.24) is 14.6 Å². The van der Waals surface area contributed by atoms with Crippen LogP contribution in [0.2, 0.25) is 0 Å². The SMILES string of the molecule is CCCc1cc(-c2ccc(-c3nnc4c5ccccc5ccn34)cc2)c2sc3ccc(C4C5CC54)cc3c2c1. The van der Waals surface area contributed by atoms with Gasteiger partial charge in [0.15, 0.2) is 11.5 Å². The highest BCUT2D eigenvalue weighted by molar-refractivity contribution is 7.26. The maximum atomic E-state index is 4.59. The van der Waals surface area contributed by atoms with E-state index in [2.05, 4.69) is 113 Å². The average Bonchev–Trinajstić information content (AvgIpc) is 3.81. The Kier molecular flexibility index (Phi) is 4.48. The number of aryl methyl sites for hydroxylation is 1. The minimum Gasteiger partial charge on any atom is -0.282 e. The first-order chi connectivity index (χ1) is 19.3. The van der Waals surface area contributed by atoms with Crippen molar-refractivity contribution >= 4 is 47.9 Å². The van der Waals surface area contributed by atoms with E-state index in [1.807, 2.05) is 11.3 Å². The number of nitrogens with zero attached hydrogens (tertiary/aromatic N) is 3. The molecule has 0 amide bonds. The topological polar surface area (TPSA) is 30.2 Å². The molecule has 9 rings (SSSR count). The Bertz CT molecular complexity index is 2070. The number of fused-ring (bicyclic) bond motifs is 7. The molecule has 3 heterocycles. The molecular formula is C35H27N3S. The van der Waals surface area contributed by atoms with Gasteiger partial charge in [0.05, 0.1) is 0 Å². The number of thiophene rings is 1. The molecular weight excluding hydrogens is 494 g/mol. The summed E-state index contributed by atoms with van der Waals surface area (Å²) in [6.45, 7) is 2.27. The van der Waals surface area contributed by atoms with E-state index in [1.54, 1.807) is 5.56 Å². The standard InChI is InChI=1S/C35H27N3S/c1-2-5-20-16-26(33-30(17-20)27-18-24(12-13-31(27)39-33)32-28-19-29(28)32)22-8-10-23(11-9-22)34-36-37-35-25-7-4-3-6-21(25)14-15-38(34)35/h3-4,6-18,28-29,32H,2,5,19H2,1H3. The van der Waals surface area contributed by atoms with Crippen LogP contribution in [0.25, 0.3) is 59.1 Å². The monoisotopic (exact) mass is 521 g/mol. The van der Waals surface area contributed by atoms with Gasteiger partial charge >= 0.3 is 0 Å². The number of aromatic nitrogens is 3. The van der Waals surface area contributed by atoms with E-state index >= 15 is 0 Å². The fourth-order valence-electron chi connectivity index (χ4n) is 6.70. The van der Waals surface area contributed by atoms with Gasteiger partial charge in [0.1, 0.15) is 0 Å². The van der Waals surface area contributed by atoms with Gasteiger partial charge in [-0.05, 0) is 88.6 Å². The lowest BCUT2D eigenvalue weighted by atomic mass is 9.95. The minimum absolute atomic E-state index is 0.835. The summed E-state index contributed by atoms with van der Waals surface area (Å²) >= 11 is 1.94. The minimum atomic E-state index is 0.835. The summed E-state index contributed by atoms with van der Waals surface area (Å²) in [6.07, 6.45) is 5.78. The predicted octanol–water partition coefficient (Wildman–Crippen LogP) is 9.27. The van der Waals surface area contributed by atoms with Gasteiger partial charge < -0.3 is 0 Å². The Balaban J connectivity index is 1.16. The van der Waals surface area contributed by atoms with Gasteiger partial charge in [-0.25, -0.2) is 0 Å². The molecule has 4 heteroatoms. The highest BCUT2D eigenvalue weighted by Gasteiger charge is 2.64. The molecule has 188 valence electrons. The molecule has 3 nitrogen and oxygen atoms in total. The quantitative estimate of drug-likeness (QED) is 0.226. The van der Waals surface area contributed by atoms with Crippen LogP contribution in [0.5, 0.6) is 0 Å². The van der Waals surface area contributed by atoms with Crippen LogP contribution in [0.3, 0.4) is 0 Å². The zero-order valence-corrected chi connectivity index (χ0v) is 22.6. The largest absolute Gasteiger partial charge is 0.282 e. The van der Waals surface area contributed by atoms with Crippen LogP contribution >= 0.6 is 11.3 Å². The van der Waals surface area contributed by atoms with E-state index in [-0.39, 0.29) is 0 Å². The molecule has 7 aromatic rings. The van der Waals surface area contributed by atoms with E-state index in [4.69, 9.17) is 0 Å². The summed E-state index contributed by atoms with van der Waals surface area (Å²) in [4.78, 5) is 0. The normalized spacial score (nSPS) is 19.8. The second kappa shape index (κ2) is 8.00. The predicted molar refractivity (Wildman–Crippen MR) is 163 cm³/mol. The van der Waals surface area contributed by atoms with Gasteiger partial charge in [-0.3, -0.25) is 4.40 Å². The molecule has 0 saturated heterocycles. The lowest BCUT2D eigenvalue weighted by Crippen LogP contribution is -1.91. The van der Waals surface area contributed by atoms with Crippen molar-refractivity contribution in [2.24, 2.45) is 11.8 Å². The Morgan fingerprint density at radius 2 is 1.67 bits per heavy atom. The van der Waals surface area contributed by atoms with Crippen LogP contribution in [0, 0.1) is 11.8 Å². The summed E-state index contributed by atoms with van der Waals surface area (Å²) in [5, 5.41) is 14.3. The van der Waals surface area contributed by atoms with E-state index < -0.39 is 0 Å². The summed E-state index contributed by atoms with van der Waals surface area (Å²) in [6, 6.07) is 31.6. The van der Waals surface area contributed by atoms with Crippen molar-refractivity contribution in [2.75, 3.05) is 0 Å². The fourth-order valence-corrected chi connectivity index (χ4v) is 7.90. The number of pyridine rings is 1. The fraction of sp³-hybridized carbons (Fsp3) is 0.200. The molecule has 3 aromatic heterocycles. The molecule has 0 aliphatic heterocycles. The first-order valence-corrected chi connectivity index (χ1v) is 14.9. The Hall–Kier alpha value is -4.02. The second-order valence-electron chi connectivity index (χ2n) is 11.4. The second-order valence-corrected chi connectivity index (χ2v) is 12.5. The summed E-state index contributed by atoms with van der Waals surface area (Å²) in [5.41, 5.74) is 7.57. The Morgan fingerprint density at radius 1 is 0.821 bits per heavy atom. The van der Waals surface area contributed by atoms with Crippen LogP contribution in [0.4, 0.5) is 0 Å². The number of rotatable bonds is 5. The Labute approximate surface area is 230 Å². The van der Waals surface area contributed by atoms with Gasteiger partial charge in [0, 0.05) is 37.3 Å². The molecule has 2 saturated carbocycles. The molecule has 2 aliphatic rings. The molecule has 2 unspecified atom stereocenters. The third-order valence-corrected chi connectivity index (χ3v) is 10.2. The van der Waals surface area contributed by atoms with Crippen LogP contribution in [-0.4, -0.2) is 14.6 Å². The van der Waals surface area contributed by atoms with Gasteiger partial charge in [0.2, 0.25) is 0 Å². The molecule has 0 N–H and O–H groups in total. The molecule has 0 bridgehead atoms. The van der Waals surface area contributed by atoms with E-state index in [1.165, 1.54) is 48.7 Å². The summed E-state index contributed by atoms with van der Waals surface area (Å²) in [7, 11) is 0. The van der Waals surface area contributed by atoms with Crippen molar-refractivity contribution in [3.8, 4) is 22.5 Å². The molecule has 39 heavy (non-hydrogen) atoms. The number of hydrogen-bond acceptors (Lipinski definition) is 3. The Morgan fingerprint density at radius 3 is 2.49 bits per heavy atom. The van der Waals surface area contributed by atoms with Crippen molar-refractivity contribution in [3.05, 3.63) is 102 Å². The van der Waals surface area contributed by atoms with Gasteiger partial charge in [-0.2, -0.15) is 0 Å². The zero-order chi connectivity index (χ0) is 25.7. The highest BCUT2D eigenvalue weighted by Crippen LogP contribution is 2.73. The van der Waals surface area contributed by atoms with E-state index in [0.717, 1.165) is 53.0 Å². The highest BCUT2D eigenvalue weighted by atomic mass is 32.1. The summed E-state index contributed by atoms with van der Waals surface area (Å²) < 4.78 is 4.90. The lowest BCUT2D eigenvalue weighted by Gasteiger charge is -2.09. The van der Waals surface area contributed by atoms with Crippen LogP contribution in [-0.2, 0) is 6.42 Å². The third-order valence-electron chi connectivity index (χ3n) is 9.01. The van der Waals surface area contributed by atoms with E-state index in [9.17, 15) is 0 Å². The van der Waals surface area contributed by atoms with Crippen molar-refractivity contribution < 1.29 is 0 Å².